The Morgan fingerprint density at radius 3 is 2.43 bits per heavy atom. The third-order valence-electron chi connectivity index (χ3n) is 4.91. The number of carbonyl (C=O) groups is 2. The van der Waals surface area contributed by atoms with Gasteiger partial charge < -0.3 is 10.2 Å². The lowest BCUT2D eigenvalue weighted by atomic mass is 9.68. The standard InChI is InChI=1S/C16H25N3O2/c1-15(2,10-17)9-12(20)19-7-5-11(6-8-19)13-16(3,4)14(21)18-13/h11,13H,5-9H2,1-4H3,(H,18,21). The average Bonchev–Trinajstić information content (AvgIpc) is 2.44. The molecule has 2 aliphatic heterocycles. The summed E-state index contributed by atoms with van der Waals surface area (Å²) in [6, 6.07) is 2.41. The summed E-state index contributed by atoms with van der Waals surface area (Å²) >= 11 is 0. The van der Waals surface area contributed by atoms with E-state index in [0.717, 1.165) is 25.9 Å². The first-order chi connectivity index (χ1) is 9.67. The maximum atomic E-state index is 12.2. The minimum atomic E-state index is -0.599. The lowest BCUT2D eigenvalue weighted by Gasteiger charge is -2.50. The van der Waals surface area contributed by atoms with Gasteiger partial charge in [-0.15, -0.1) is 0 Å². The zero-order chi connectivity index (χ0) is 15.8. The SMILES string of the molecule is CC(C)(C#N)CC(=O)N1CCC(C2NC(=O)C2(C)C)CC1. The van der Waals surface area contributed by atoms with Crippen LogP contribution in [0.3, 0.4) is 0 Å². The molecule has 1 atom stereocenters. The monoisotopic (exact) mass is 291 g/mol. The van der Waals surface area contributed by atoms with Crippen molar-refractivity contribution < 1.29 is 9.59 Å². The summed E-state index contributed by atoms with van der Waals surface area (Å²) in [6.07, 6.45) is 2.13. The summed E-state index contributed by atoms with van der Waals surface area (Å²) in [5.41, 5.74) is -0.877. The van der Waals surface area contributed by atoms with E-state index in [1.807, 2.05) is 18.7 Å². The van der Waals surface area contributed by atoms with Crippen molar-refractivity contribution in [3.05, 3.63) is 0 Å². The van der Waals surface area contributed by atoms with E-state index in [4.69, 9.17) is 5.26 Å². The molecule has 0 aromatic carbocycles. The summed E-state index contributed by atoms with van der Waals surface area (Å²) in [6.45, 7) is 9.03. The van der Waals surface area contributed by atoms with Crippen molar-refractivity contribution >= 4 is 11.8 Å². The van der Waals surface area contributed by atoms with Crippen molar-refractivity contribution in [2.75, 3.05) is 13.1 Å². The van der Waals surface area contributed by atoms with Crippen molar-refractivity contribution in [2.45, 2.75) is 53.0 Å². The van der Waals surface area contributed by atoms with Gasteiger partial charge >= 0.3 is 0 Å². The lowest BCUT2D eigenvalue weighted by molar-refractivity contribution is -0.147. The van der Waals surface area contributed by atoms with Crippen LogP contribution >= 0.6 is 0 Å². The van der Waals surface area contributed by atoms with E-state index in [-0.39, 0.29) is 29.7 Å². The summed E-state index contributed by atoms with van der Waals surface area (Å²) in [5, 5.41) is 12.0. The Kier molecular flexibility index (Phi) is 4.01. The van der Waals surface area contributed by atoms with E-state index in [9.17, 15) is 9.59 Å². The molecule has 1 N–H and O–H groups in total. The maximum Gasteiger partial charge on any atom is 0.228 e. The van der Waals surface area contributed by atoms with Gasteiger partial charge in [0.05, 0.1) is 16.9 Å². The predicted octanol–water partition coefficient (Wildman–Crippen LogP) is 1.69. The van der Waals surface area contributed by atoms with Gasteiger partial charge in [0.25, 0.3) is 0 Å². The quantitative estimate of drug-likeness (QED) is 0.804. The fourth-order valence-corrected chi connectivity index (χ4v) is 3.29. The molecule has 5 nitrogen and oxygen atoms in total. The van der Waals surface area contributed by atoms with Gasteiger partial charge in [-0.2, -0.15) is 5.26 Å². The molecular weight excluding hydrogens is 266 g/mol. The van der Waals surface area contributed by atoms with Gasteiger partial charge in [0, 0.05) is 25.6 Å². The van der Waals surface area contributed by atoms with Crippen molar-refractivity contribution in [1.29, 1.82) is 5.26 Å². The highest BCUT2D eigenvalue weighted by Crippen LogP contribution is 2.38. The Hall–Kier alpha value is -1.57. The fourth-order valence-electron chi connectivity index (χ4n) is 3.29. The largest absolute Gasteiger partial charge is 0.351 e. The minimum absolute atomic E-state index is 0.0666. The zero-order valence-electron chi connectivity index (χ0n) is 13.4. The van der Waals surface area contributed by atoms with E-state index >= 15 is 0 Å². The number of carbonyl (C=O) groups excluding carboxylic acids is 2. The van der Waals surface area contributed by atoms with Crippen LogP contribution in [-0.2, 0) is 9.59 Å². The van der Waals surface area contributed by atoms with Gasteiger partial charge in [0.1, 0.15) is 0 Å². The van der Waals surface area contributed by atoms with Gasteiger partial charge in [-0.1, -0.05) is 0 Å². The van der Waals surface area contributed by atoms with Gasteiger partial charge in [-0.05, 0) is 46.5 Å². The molecule has 0 radical (unpaired) electrons. The van der Waals surface area contributed by atoms with Crippen molar-refractivity contribution in [3.8, 4) is 6.07 Å². The van der Waals surface area contributed by atoms with Crippen LogP contribution in [0.15, 0.2) is 0 Å². The normalized spacial score (nSPS) is 25.8. The Balaban J connectivity index is 1.86. The van der Waals surface area contributed by atoms with E-state index in [1.165, 1.54) is 0 Å². The molecule has 0 saturated carbocycles. The summed E-state index contributed by atoms with van der Waals surface area (Å²) < 4.78 is 0. The Morgan fingerprint density at radius 1 is 1.43 bits per heavy atom. The second kappa shape index (κ2) is 5.32. The van der Waals surface area contributed by atoms with Crippen LogP contribution in [0.5, 0.6) is 0 Å². The van der Waals surface area contributed by atoms with Crippen LogP contribution in [0.25, 0.3) is 0 Å². The fraction of sp³-hybridized carbons (Fsp3) is 0.812. The number of likely N-dealkylation sites (tertiary alicyclic amines) is 1. The number of β-lactam (4-membered cyclic amide) rings is 1. The highest BCUT2D eigenvalue weighted by atomic mass is 16.2. The molecule has 2 fully saturated rings. The molecular formula is C16H25N3O2. The number of piperidine rings is 1. The molecule has 2 amide bonds. The van der Waals surface area contributed by atoms with Gasteiger partial charge in [-0.25, -0.2) is 0 Å². The zero-order valence-corrected chi connectivity index (χ0v) is 13.4. The Morgan fingerprint density at radius 2 is 2.00 bits per heavy atom. The van der Waals surface area contributed by atoms with Crippen molar-refractivity contribution in [1.82, 2.24) is 10.2 Å². The molecule has 2 rings (SSSR count). The second-order valence-electron chi connectivity index (χ2n) is 7.56. The van der Waals surface area contributed by atoms with Crippen LogP contribution < -0.4 is 5.32 Å². The molecule has 21 heavy (non-hydrogen) atoms. The topological polar surface area (TPSA) is 73.2 Å². The number of rotatable bonds is 3. The van der Waals surface area contributed by atoms with Crippen LogP contribution in [0.1, 0.15) is 47.0 Å². The van der Waals surface area contributed by atoms with E-state index in [2.05, 4.69) is 11.4 Å². The highest BCUT2D eigenvalue weighted by Gasteiger charge is 2.51. The van der Waals surface area contributed by atoms with E-state index in [1.54, 1.807) is 13.8 Å². The first-order valence-electron chi connectivity index (χ1n) is 7.67. The number of nitriles is 1. The average molecular weight is 291 g/mol. The number of amides is 2. The maximum absolute atomic E-state index is 12.2. The van der Waals surface area contributed by atoms with Gasteiger partial charge in [0.15, 0.2) is 0 Å². The number of nitrogens with one attached hydrogen (secondary N) is 1. The van der Waals surface area contributed by atoms with Crippen LogP contribution in [0.4, 0.5) is 0 Å². The van der Waals surface area contributed by atoms with Crippen LogP contribution in [-0.4, -0.2) is 35.8 Å². The molecule has 0 aliphatic carbocycles. The predicted molar refractivity (Wildman–Crippen MR) is 79.0 cm³/mol. The first-order valence-corrected chi connectivity index (χ1v) is 7.67. The van der Waals surface area contributed by atoms with Gasteiger partial charge in [0.2, 0.25) is 11.8 Å². The first kappa shape index (κ1) is 15.8. The van der Waals surface area contributed by atoms with Crippen LogP contribution in [0, 0.1) is 28.1 Å². The summed E-state index contributed by atoms with van der Waals surface area (Å²) in [4.78, 5) is 25.6. The number of nitrogens with zero attached hydrogens (tertiary/aromatic N) is 2. The Labute approximate surface area is 126 Å². The van der Waals surface area contributed by atoms with Crippen molar-refractivity contribution in [3.63, 3.8) is 0 Å². The molecule has 5 heteroatoms. The molecule has 0 bridgehead atoms. The van der Waals surface area contributed by atoms with Crippen molar-refractivity contribution in [2.24, 2.45) is 16.7 Å². The summed E-state index contributed by atoms with van der Waals surface area (Å²) in [5.74, 6) is 0.643. The molecule has 2 heterocycles. The molecule has 0 aromatic heterocycles. The molecule has 0 spiro atoms. The minimum Gasteiger partial charge on any atom is -0.351 e. The number of hydrogen-bond donors (Lipinski definition) is 1. The molecule has 1 unspecified atom stereocenters. The highest BCUT2D eigenvalue weighted by molar-refractivity contribution is 5.89. The smallest absolute Gasteiger partial charge is 0.228 e. The third kappa shape index (κ3) is 3.04. The van der Waals surface area contributed by atoms with Crippen LogP contribution in [0.2, 0.25) is 0 Å². The molecule has 116 valence electrons. The Bertz CT molecular complexity index is 482. The van der Waals surface area contributed by atoms with E-state index < -0.39 is 5.41 Å². The number of hydrogen-bond acceptors (Lipinski definition) is 3. The molecule has 2 saturated heterocycles. The third-order valence-corrected chi connectivity index (χ3v) is 4.91. The van der Waals surface area contributed by atoms with E-state index in [0.29, 0.717) is 5.92 Å². The van der Waals surface area contributed by atoms with Gasteiger partial charge in [-0.3, -0.25) is 9.59 Å². The second-order valence-corrected chi connectivity index (χ2v) is 7.56. The molecule has 2 aliphatic rings. The lowest BCUT2D eigenvalue weighted by Crippen LogP contribution is -2.68. The molecule has 0 aromatic rings. The summed E-state index contributed by atoms with van der Waals surface area (Å²) in [7, 11) is 0.